The second kappa shape index (κ2) is 8.16. The molecule has 5 atom stereocenters. The van der Waals surface area contributed by atoms with Crippen molar-refractivity contribution in [1.82, 2.24) is 0 Å². The second-order valence-corrected chi connectivity index (χ2v) is 10.2. The first kappa shape index (κ1) is 21.3. The molecule has 3 heteroatoms. The quantitative estimate of drug-likeness (QED) is 0.232. The molecule has 2 fully saturated rings. The lowest BCUT2D eigenvalue weighted by Gasteiger charge is -2.60. The van der Waals surface area contributed by atoms with Gasteiger partial charge in [-0.2, -0.15) is 0 Å². The maximum Gasteiger partial charge on any atom is 0.305 e. The molecule has 0 aromatic heterocycles. The molecule has 3 rings (SSSR count). The molecule has 3 aliphatic rings. The van der Waals surface area contributed by atoms with Gasteiger partial charge < -0.3 is 9.53 Å². The molecular formula is C25H38O3. The molecular weight excluding hydrogens is 348 g/mol. The number of unbranched alkanes of at least 4 members (excludes halogenated alkanes) is 1. The van der Waals surface area contributed by atoms with Crippen LogP contribution >= 0.6 is 0 Å². The van der Waals surface area contributed by atoms with Gasteiger partial charge in [-0.15, -0.1) is 6.58 Å². The summed E-state index contributed by atoms with van der Waals surface area (Å²) in [6.45, 7) is 11.9. The van der Waals surface area contributed by atoms with E-state index in [1.54, 1.807) is 5.57 Å². The van der Waals surface area contributed by atoms with Crippen LogP contribution in [-0.4, -0.2) is 18.9 Å². The van der Waals surface area contributed by atoms with Crippen LogP contribution in [0.3, 0.4) is 0 Å². The fourth-order valence-corrected chi connectivity index (χ4v) is 6.71. The molecule has 0 aromatic carbocycles. The number of carbonyl (C=O) groups is 2. The molecule has 0 spiro atoms. The van der Waals surface area contributed by atoms with E-state index in [1.807, 2.05) is 0 Å². The molecule has 156 valence electrons. The van der Waals surface area contributed by atoms with E-state index in [9.17, 15) is 9.59 Å². The lowest BCUT2D eigenvalue weighted by molar-refractivity contribution is -0.153. The van der Waals surface area contributed by atoms with Crippen LogP contribution < -0.4 is 0 Å². The van der Waals surface area contributed by atoms with Gasteiger partial charge in [-0.1, -0.05) is 44.9 Å². The predicted octanol–water partition coefficient (Wildman–Crippen LogP) is 6.03. The van der Waals surface area contributed by atoms with E-state index in [-0.39, 0.29) is 22.2 Å². The lowest BCUT2D eigenvalue weighted by atomic mass is 9.44. The maximum absolute atomic E-state index is 12.1. The Hall–Kier alpha value is -1.38. The van der Waals surface area contributed by atoms with E-state index in [2.05, 4.69) is 39.5 Å². The summed E-state index contributed by atoms with van der Waals surface area (Å²) in [6.07, 6.45) is 15.4. The average Bonchev–Trinajstić information content (AvgIpc) is 2.67. The van der Waals surface area contributed by atoms with Crippen molar-refractivity contribution in [3.8, 4) is 0 Å². The molecule has 0 saturated heterocycles. The number of esters is 1. The van der Waals surface area contributed by atoms with Gasteiger partial charge in [0.05, 0.1) is 6.61 Å². The van der Waals surface area contributed by atoms with Gasteiger partial charge in [-0.3, -0.25) is 4.79 Å². The number of allylic oxidation sites excluding steroid dienone is 3. The van der Waals surface area contributed by atoms with Crippen molar-refractivity contribution in [2.75, 3.05) is 6.61 Å². The molecule has 0 aromatic rings. The van der Waals surface area contributed by atoms with Gasteiger partial charge in [0.2, 0.25) is 0 Å². The summed E-state index contributed by atoms with van der Waals surface area (Å²) in [4.78, 5) is 22.6. The summed E-state index contributed by atoms with van der Waals surface area (Å²) in [5, 5.41) is 0. The largest absolute Gasteiger partial charge is 0.465 e. The van der Waals surface area contributed by atoms with Crippen molar-refractivity contribution < 1.29 is 14.3 Å². The summed E-state index contributed by atoms with van der Waals surface area (Å²) in [7, 11) is 0. The fraction of sp³-hybridized carbons (Fsp3) is 0.760. The molecule has 0 radical (unpaired) electrons. The monoisotopic (exact) mass is 386 g/mol. The molecule has 0 heterocycles. The van der Waals surface area contributed by atoms with Gasteiger partial charge in [0, 0.05) is 18.3 Å². The van der Waals surface area contributed by atoms with Crippen molar-refractivity contribution in [2.24, 2.45) is 28.1 Å². The Balaban J connectivity index is 1.75. The van der Waals surface area contributed by atoms with Crippen LogP contribution in [0.5, 0.6) is 0 Å². The van der Waals surface area contributed by atoms with Crippen LogP contribution in [0.15, 0.2) is 24.3 Å². The third kappa shape index (κ3) is 3.74. The molecule has 0 N–H and O–H groups in total. The van der Waals surface area contributed by atoms with Crippen LogP contribution in [0.25, 0.3) is 0 Å². The summed E-state index contributed by atoms with van der Waals surface area (Å²) in [5.41, 5.74) is 2.14. The standard InChI is InChI=1S/C25H38O3/c1-5-23(2)14-8-10-20-19(23)12-13-21-24(3,15-9-16-25(20,21)4)18-28-22(27)11-6-7-17-26/h5,10,17,19,21H,1,6-9,11-16,18H2,2-4H3/t19?,21?,23-,24-,25-/m0/s1. The first-order chi connectivity index (χ1) is 13.3. The first-order valence-electron chi connectivity index (χ1n) is 11.2. The van der Waals surface area contributed by atoms with Gasteiger partial charge in [-0.25, -0.2) is 0 Å². The van der Waals surface area contributed by atoms with E-state index in [1.165, 1.54) is 32.1 Å². The number of fused-ring (bicyclic) bond motifs is 3. The minimum atomic E-state index is -0.153. The van der Waals surface area contributed by atoms with Crippen LogP contribution in [0.1, 0.15) is 85.0 Å². The minimum absolute atomic E-state index is 0.0428. The molecule has 28 heavy (non-hydrogen) atoms. The van der Waals surface area contributed by atoms with E-state index >= 15 is 0 Å². The zero-order chi connectivity index (χ0) is 20.4. The second-order valence-electron chi connectivity index (χ2n) is 10.2. The van der Waals surface area contributed by atoms with Crippen LogP contribution in [0, 0.1) is 28.1 Å². The van der Waals surface area contributed by atoms with E-state index in [0.29, 0.717) is 37.7 Å². The van der Waals surface area contributed by atoms with Crippen molar-refractivity contribution in [1.29, 1.82) is 0 Å². The minimum Gasteiger partial charge on any atom is -0.465 e. The van der Waals surface area contributed by atoms with E-state index in [4.69, 9.17) is 4.74 Å². The van der Waals surface area contributed by atoms with Gasteiger partial charge in [0.1, 0.15) is 6.29 Å². The predicted molar refractivity (Wildman–Crippen MR) is 113 cm³/mol. The molecule has 0 aliphatic heterocycles. The number of hydrogen-bond donors (Lipinski definition) is 0. The molecule has 2 saturated carbocycles. The van der Waals surface area contributed by atoms with Crippen molar-refractivity contribution in [3.63, 3.8) is 0 Å². The summed E-state index contributed by atoms with van der Waals surface area (Å²) < 4.78 is 5.73. The zero-order valence-electron chi connectivity index (χ0n) is 18.1. The highest BCUT2D eigenvalue weighted by molar-refractivity contribution is 5.69. The Morgan fingerprint density at radius 3 is 2.75 bits per heavy atom. The topological polar surface area (TPSA) is 43.4 Å². The van der Waals surface area contributed by atoms with E-state index < -0.39 is 0 Å². The fourth-order valence-electron chi connectivity index (χ4n) is 6.71. The highest BCUT2D eigenvalue weighted by Crippen LogP contribution is 2.65. The summed E-state index contributed by atoms with van der Waals surface area (Å²) >= 11 is 0. The number of rotatable bonds is 7. The highest BCUT2D eigenvalue weighted by Gasteiger charge is 2.56. The van der Waals surface area contributed by atoms with Crippen molar-refractivity contribution in [2.45, 2.75) is 85.0 Å². The summed E-state index contributed by atoms with van der Waals surface area (Å²) in [5.74, 6) is 1.03. The SMILES string of the molecule is C=C[C@@]1(C)CCC=C2C1CCC1[C@](C)(COC(=O)CCCC=O)CCC[C@@]21C. The molecule has 0 bridgehead atoms. The first-order valence-corrected chi connectivity index (χ1v) is 11.2. The molecule has 3 aliphatic carbocycles. The average molecular weight is 387 g/mol. The van der Waals surface area contributed by atoms with Gasteiger partial charge in [-0.05, 0) is 67.6 Å². The Morgan fingerprint density at radius 1 is 1.25 bits per heavy atom. The Kier molecular flexibility index (Phi) is 6.22. The van der Waals surface area contributed by atoms with E-state index in [0.717, 1.165) is 19.1 Å². The molecule has 2 unspecified atom stereocenters. The van der Waals surface area contributed by atoms with Crippen molar-refractivity contribution >= 4 is 12.3 Å². The number of carbonyl (C=O) groups excluding carboxylic acids is 2. The van der Waals surface area contributed by atoms with Gasteiger partial charge in [0.15, 0.2) is 0 Å². The number of ether oxygens (including phenoxy) is 1. The number of aldehydes is 1. The smallest absolute Gasteiger partial charge is 0.305 e. The Bertz CT molecular complexity index is 650. The van der Waals surface area contributed by atoms with Gasteiger partial charge in [0.25, 0.3) is 0 Å². The van der Waals surface area contributed by atoms with Crippen LogP contribution in [0.2, 0.25) is 0 Å². The molecule has 3 nitrogen and oxygen atoms in total. The molecule has 0 amide bonds. The third-order valence-corrected chi connectivity index (χ3v) is 8.41. The third-order valence-electron chi connectivity index (χ3n) is 8.41. The number of hydrogen-bond acceptors (Lipinski definition) is 3. The summed E-state index contributed by atoms with van der Waals surface area (Å²) in [6, 6.07) is 0. The Morgan fingerprint density at radius 2 is 2.04 bits per heavy atom. The van der Waals surface area contributed by atoms with Crippen molar-refractivity contribution in [3.05, 3.63) is 24.3 Å². The lowest BCUT2D eigenvalue weighted by Crippen LogP contribution is -2.53. The zero-order valence-corrected chi connectivity index (χ0v) is 18.1. The Labute approximate surface area is 171 Å². The maximum atomic E-state index is 12.1. The normalized spacial score (nSPS) is 39.9. The van der Waals surface area contributed by atoms with Crippen LogP contribution in [-0.2, 0) is 14.3 Å². The highest BCUT2D eigenvalue weighted by atomic mass is 16.5. The van der Waals surface area contributed by atoms with Crippen LogP contribution in [0.4, 0.5) is 0 Å². The van der Waals surface area contributed by atoms with Gasteiger partial charge >= 0.3 is 5.97 Å².